The van der Waals surface area contributed by atoms with E-state index >= 15 is 0 Å². The van der Waals surface area contributed by atoms with Crippen molar-refractivity contribution in [3.8, 4) is 0 Å². The normalized spacial score (nSPS) is 32.9. The van der Waals surface area contributed by atoms with Crippen LogP contribution in [0.2, 0.25) is 0 Å². The standard InChI is InChI=1S/C15H27NO/c1-14(2)6-5-13(17)12(9-14)10-16-8-7-15(3,4)11-16/h12H,5-11H2,1-4H3. The Morgan fingerprint density at radius 1 is 1.18 bits per heavy atom. The molecule has 98 valence electrons. The third-order valence-corrected chi connectivity index (χ3v) is 4.54. The third kappa shape index (κ3) is 3.31. The summed E-state index contributed by atoms with van der Waals surface area (Å²) in [5.74, 6) is 0.807. The molecule has 2 fully saturated rings. The second-order valence-electron chi connectivity index (χ2n) is 7.68. The first-order valence-electron chi connectivity index (χ1n) is 7.03. The Balaban J connectivity index is 1.92. The van der Waals surface area contributed by atoms with E-state index in [1.165, 1.54) is 13.0 Å². The molecule has 1 saturated heterocycles. The molecule has 1 aliphatic carbocycles. The summed E-state index contributed by atoms with van der Waals surface area (Å²) in [5, 5.41) is 0. The van der Waals surface area contributed by atoms with Crippen LogP contribution in [0.1, 0.15) is 53.4 Å². The molecule has 1 heterocycles. The van der Waals surface area contributed by atoms with Crippen LogP contribution >= 0.6 is 0 Å². The Kier molecular flexibility index (Phi) is 3.37. The lowest BCUT2D eigenvalue weighted by molar-refractivity contribution is -0.127. The van der Waals surface area contributed by atoms with Crippen molar-refractivity contribution < 1.29 is 4.79 Å². The fourth-order valence-electron chi connectivity index (χ4n) is 3.41. The molecule has 2 nitrogen and oxygen atoms in total. The molecule has 0 aromatic heterocycles. The number of Topliss-reactive ketones (excluding diaryl/α,β-unsaturated/α-hetero) is 1. The van der Waals surface area contributed by atoms with Crippen LogP contribution in [-0.2, 0) is 4.79 Å². The number of likely N-dealkylation sites (tertiary alicyclic amines) is 1. The molecule has 0 aromatic carbocycles. The Bertz CT molecular complexity index is 306. The molecular formula is C15H27NO. The van der Waals surface area contributed by atoms with E-state index in [2.05, 4.69) is 32.6 Å². The first-order chi connectivity index (χ1) is 7.77. The van der Waals surface area contributed by atoms with Gasteiger partial charge in [-0.05, 0) is 36.6 Å². The third-order valence-electron chi connectivity index (χ3n) is 4.54. The van der Waals surface area contributed by atoms with Crippen molar-refractivity contribution in [2.45, 2.75) is 53.4 Å². The minimum absolute atomic E-state index is 0.299. The van der Waals surface area contributed by atoms with Crippen molar-refractivity contribution in [3.63, 3.8) is 0 Å². The van der Waals surface area contributed by atoms with Gasteiger partial charge in [0.05, 0.1) is 0 Å². The molecular weight excluding hydrogens is 210 g/mol. The zero-order valence-electron chi connectivity index (χ0n) is 11.9. The number of rotatable bonds is 2. The lowest BCUT2D eigenvalue weighted by Crippen LogP contribution is -2.38. The number of carbonyl (C=O) groups excluding carboxylic acids is 1. The molecule has 1 atom stereocenters. The summed E-state index contributed by atoms with van der Waals surface area (Å²) in [4.78, 5) is 14.5. The maximum absolute atomic E-state index is 12.0. The highest BCUT2D eigenvalue weighted by Gasteiger charge is 2.37. The van der Waals surface area contributed by atoms with E-state index in [9.17, 15) is 4.79 Å². The number of carbonyl (C=O) groups is 1. The Labute approximate surface area is 106 Å². The minimum Gasteiger partial charge on any atom is -0.302 e. The minimum atomic E-state index is 0.299. The SMILES string of the molecule is CC1(C)CCC(=O)C(CN2CCC(C)(C)C2)C1. The van der Waals surface area contributed by atoms with E-state index in [1.807, 2.05) is 0 Å². The van der Waals surface area contributed by atoms with E-state index in [4.69, 9.17) is 0 Å². The molecule has 2 aliphatic rings. The lowest BCUT2D eigenvalue weighted by atomic mass is 9.71. The van der Waals surface area contributed by atoms with Crippen LogP contribution in [0, 0.1) is 16.7 Å². The average molecular weight is 237 g/mol. The molecule has 0 spiro atoms. The van der Waals surface area contributed by atoms with E-state index in [0.29, 0.717) is 22.5 Å². The zero-order valence-corrected chi connectivity index (χ0v) is 11.9. The number of hydrogen-bond acceptors (Lipinski definition) is 2. The van der Waals surface area contributed by atoms with Crippen molar-refractivity contribution in [2.24, 2.45) is 16.7 Å². The van der Waals surface area contributed by atoms with Gasteiger partial charge in [-0.15, -0.1) is 0 Å². The first-order valence-corrected chi connectivity index (χ1v) is 7.03. The van der Waals surface area contributed by atoms with Crippen molar-refractivity contribution in [1.29, 1.82) is 0 Å². The van der Waals surface area contributed by atoms with Gasteiger partial charge >= 0.3 is 0 Å². The fourth-order valence-corrected chi connectivity index (χ4v) is 3.41. The van der Waals surface area contributed by atoms with Gasteiger partial charge in [-0.2, -0.15) is 0 Å². The van der Waals surface area contributed by atoms with Crippen molar-refractivity contribution >= 4 is 5.78 Å². The summed E-state index contributed by atoms with van der Waals surface area (Å²) < 4.78 is 0. The predicted molar refractivity (Wildman–Crippen MR) is 71.0 cm³/mol. The van der Waals surface area contributed by atoms with E-state index in [-0.39, 0.29) is 0 Å². The van der Waals surface area contributed by atoms with Crippen molar-refractivity contribution in [3.05, 3.63) is 0 Å². The smallest absolute Gasteiger partial charge is 0.137 e. The second-order valence-corrected chi connectivity index (χ2v) is 7.68. The maximum atomic E-state index is 12.0. The van der Waals surface area contributed by atoms with Crippen LogP contribution in [0.3, 0.4) is 0 Å². The summed E-state index contributed by atoms with van der Waals surface area (Å²) in [6.45, 7) is 12.6. The highest BCUT2D eigenvalue weighted by atomic mass is 16.1. The van der Waals surface area contributed by atoms with Crippen LogP contribution in [0.5, 0.6) is 0 Å². The van der Waals surface area contributed by atoms with E-state index in [1.54, 1.807) is 0 Å². The molecule has 0 amide bonds. The van der Waals surface area contributed by atoms with Crippen LogP contribution in [0.15, 0.2) is 0 Å². The summed E-state index contributed by atoms with van der Waals surface area (Å²) in [6.07, 6.45) is 4.24. The zero-order chi connectivity index (χ0) is 12.7. The van der Waals surface area contributed by atoms with Crippen LogP contribution < -0.4 is 0 Å². The molecule has 17 heavy (non-hydrogen) atoms. The molecule has 0 N–H and O–H groups in total. The summed E-state index contributed by atoms with van der Waals surface area (Å²) in [6, 6.07) is 0. The van der Waals surface area contributed by atoms with Gasteiger partial charge in [0.1, 0.15) is 5.78 Å². The number of nitrogens with zero attached hydrogens (tertiary/aromatic N) is 1. The van der Waals surface area contributed by atoms with Gasteiger partial charge < -0.3 is 4.90 Å². The molecule has 1 unspecified atom stereocenters. The Morgan fingerprint density at radius 2 is 1.88 bits per heavy atom. The summed E-state index contributed by atoms with van der Waals surface area (Å²) in [7, 11) is 0. The van der Waals surface area contributed by atoms with Gasteiger partial charge in [-0.3, -0.25) is 4.79 Å². The van der Waals surface area contributed by atoms with Crippen LogP contribution in [-0.4, -0.2) is 30.3 Å². The summed E-state index contributed by atoms with van der Waals surface area (Å²) in [5.41, 5.74) is 0.820. The topological polar surface area (TPSA) is 20.3 Å². The largest absolute Gasteiger partial charge is 0.302 e. The fraction of sp³-hybridized carbons (Fsp3) is 0.933. The lowest BCUT2D eigenvalue weighted by Gasteiger charge is -2.36. The highest BCUT2D eigenvalue weighted by Crippen LogP contribution is 2.38. The van der Waals surface area contributed by atoms with Gasteiger partial charge in [-0.1, -0.05) is 27.7 Å². The molecule has 0 radical (unpaired) electrons. The van der Waals surface area contributed by atoms with Crippen molar-refractivity contribution in [2.75, 3.05) is 19.6 Å². The highest BCUT2D eigenvalue weighted by molar-refractivity contribution is 5.82. The predicted octanol–water partition coefficient (Wildman–Crippen LogP) is 3.11. The van der Waals surface area contributed by atoms with Gasteiger partial charge in [0.25, 0.3) is 0 Å². The average Bonchev–Trinajstić information content (AvgIpc) is 2.52. The van der Waals surface area contributed by atoms with Gasteiger partial charge in [0.15, 0.2) is 0 Å². The van der Waals surface area contributed by atoms with Crippen LogP contribution in [0.25, 0.3) is 0 Å². The van der Waals surface area contributed by atoms with Gasteiger partial charge in [0, 0.05) is 25.4 Å². The second kappa shape index (κ2) is 4.38. The van der Waals surface area contributed by atoms with Crippen LogP contribution in [0.4, 0.5) is 0 Å². The number of ketones is 1. The Hall–Kier alpha value is -0.370. The first kappa shape index (κ1) is 13.1. The molecule has 0 aromatic rings. The monoisotopic (exact) mass is 237 g/mol. The molecule has 0 bridgehead atoms. The van der Waals surface area contributed by atoms with Gasteiger partial charge in [-0.25, -0.2) is 0 Å². The molecule has 2 rings (SSSR count). The number of hydrogen-bond donors (Lipinski definition) is 0. The molecule has 2 heteroatoms. The molecule has 1 saturated carbocycles. The summed E-state index contributed by atoms with van der Waals surface area (Å²) >= 11 is 0. The van der Waals surface area contributed by atoms with E-state index in [0.717, 1.165) is 32.4 Å². The van der Waals surface area contributed by atoms with E-state index < -0.39 is 0 Å². The Morgan fingerprint density at radius 3 is 2.47 bits per heavy atom. The quantitative estimate of drug-likeness (QED) is 0.735. The maximum Gasteiger partial charge on any atom is 0.137 e. The van der Waals surface area contributed by atoms with Crippen molar-refractivity contribution in [1.82, 2.24) is 4.90 Å². The molecule has 1 aliphatic heterocycles. The van der Waals surface area contributed by atoms with Gasteiger partial charge in [0.2, 0.25) is 0 Å².